The number of hydrogen-bond donors (Lipinski definition) is 1. The first kappa shape index (κ1) is 12.4. The third-order valence-electron chi connectivity index (χ3n) is 3.16. The van der Waals surface area contributed by atoms with Crippen LogP contribution in [0.15, 0.2) is 49.0 Å². The Hall–Kier alpha value is -2.02. The molecular formula is C17H19N. The predicted molar refractivity (Wildman–Crippen MR) is 79.5 cm³/mol. The van der Waals surface area contributed by atoms with Crippen molar-refractivity contribution in [3.05, 3.63) is 71.3 Å². The molecule has 92 valence electrons. The molecule has 0 unspecified atom stereocenters. The van der Waals surface area contributed by atoms with Gasteiger partial charge in [0.1, 0.15) is 0 Å². The summed E-state index contributed by atoms with van der Waals surface area (Å²) in [5.41, 5.74) is 12.9. The second kappa shape index (κ2) is 5.09. The van der Waals surface area contributed by atoms with E-state index in [1.165, 1.54) is 22.3 Å². The Labute approximate surface area is 109 Å². The first-order valence-corrected chi connectivity index (χ1v) is 6.16. The molecule has 2 N–H and O–H groups in total. The molecule has 0 bridgehead atoms. The zero-order valence-electron chi connectivity index (χ0n) is 11.0. The van der Waals surface area contributed by atoms with Gasteiger partial charge in [0.2, 0.25) is 0 Å². The Morgan fingerprint density at radius 3 is 2.56 bits per heavy atom. The van der Waals surface area contributed by atoms with Crippen molar-refractivity contribution in [1.29, 1.82) is 0 Å². The largest absolute Gasteiger partial charge is 0.398 e. The SMILES string of the molecule is C=C(C)c1ccccc1Cc1cc(C)ccc1N. The van der Waals surface area contributed by atoms with Crippen LogP contribution in [0.2, 0.25) is 0 Å². The van der Waals surface area contributed by atoms with E-state index < -0.39 is 0 Å². The van der Waals surface area contributed by atoms with Crippen LogP contribution < -0.4 is 5.73 Å². The van der Waals surface area contributed by atoms with Gasteiger partial charge in [-0.2, -0.15) is 0 Å². The zero-order chi connectivity index (χ0) is 13.1. The Balaban J connectivity index is 2.40. The minimum Gasteiger partial charge on any atom is -0.398 e. The van der Waals surface area contributed by atoms with Crippen molar-refractivity contribution >= 4 is 11.3 Å². The zero-order valence-corrected chi connectivity index (χ0v) is 11.0. The highest BCUT2D eigenvalue weighted by Crippen LogP contribution is 2.23. The summed E-state index contributed by atoms with van der Waals surface area (Å²) in [6.07, 6.45) is 0.858. The maximum Gasteiger partial charge on any atom is 0.0350 e. The Bertz CT molecular complexity index is 582. The van der Waals surface area contributed by atoms with Gasteiger partial charge in [-0.05, 0) is 36.6 Å². The van der Waals surface area contributed by atoms with Crippen molar-refractivity contribution < 1.29 is 0 Å². The van der Waals surface area contributed by atoms with Crippen molar-refractivity contribution in [2.45, 2.75) is 20.3 Å². The molecule has 0 fully saturated rings. The normalized spacial score (nSPS) is 10.3. The molecule has 18 heavy (non-hydrogen) atoms. The van der Waals surface area contributed by atoms with Crippen molar-refractivity contribution in [2.75, 3.05) is 5.73 Å². The van der Waals surface area contributed by atoms with Crippen LogP contribution in [0.1, 0.15) is 29.2 Å². The number of anilines is 1. The standard InChI is InChI=1S/C17H19N/c1-12(2)16-7-5-4-6-14(16)11-15-10-13(3)8-9-17(15)18/h4-10H,1,11,18H2,2-3H3. The molecule has 0 aliphatic rings. The summed E-state index contributed by atoms with van der Waals surface area (Å²) < 4.78 is 0. The number of allylic oxidation sites excluding steroid dienone is 1. The van der Waals surface area contributed by atoms with E-state index in [1.807, 2.05) is 25.1 Å². The van der Waals surface area contributed by atoms with E-state index in [-0.39, 0.29) is 0 Å². The average molecular weight is 237 g/mol. The molecule has 2 aromatic carbocycles. The van der Waals surface area contributed by atoms with Gasteiger partial charge in [0.25, 0.3) is 0 Å². The summed E-state index contributed by atoms with van der Waals surface area (Å²) in [5.74, 6) is 0. The summed E-state index contributed by atoms with van der Waals surface area (Å²) in [7, 11) is 0. The number of benzene rings is 2. The molecule has 0 aliphatic heterocycles. The third-order valence-corrected chi connectivity index (χ3v) is 3.16. The molecule has 1 heteroatoms. The highest BCUT2D eigenvalue weighted by atomic mass is 14.6. The lowest BCUT2D eigenvalue weighted by atomic mass is 9.95. The van der Waals surface area contributed by atoms with Crippen LogP contribution in [0, 0.1) is 6.92 Å². The van der Waals surface area contributed by atoms with Crippen molar-refractivity contribution in [1.82, 2.24) is 0 Å². The highest BCUT2D eigenvalue weighted by Gasteiger charge is 2.06. The van der Waals surface area contributed by atoms with Crippen LogP contribution in [-0.2, 0) is 6.42 Å². The number of aryl methyl sites for hydroxylation is 1. The van der Waals surface area contributed by atoms with E-state index >= 15 is 0 Å². The first-order chi connectivity index (χ1) is 8.58. The molecule has 0 atom stereocenters. The van der Waals surface area contributed by atoms with E-state index in [2.05, 4.69) is 37.8 Å². The fourth-order valence-corrected chi connectivity index (χ4v) is 2.18. The monoisotopic (exact) mass is 237 g/mol. The molecule has 0 radical (unpaired) electrons. The molecule has 1 nitrogen and oxygen atoms in total. The van der Waals surface area contributed by atoms with Gasteiger partial charge in [-0.3, -0.25) is 0 Å². The van der Waals surface area contributed by atoms with Crippen molar-refractivity contribution in [3.63, 3.8) is 0 Å². The van der Waals surface area contributed by atoms with Gasteiger partial charge in [-0.25, -0.2) is 0 Å². The van der Waals surface area contributed by atoms with Crippen LogP contribution in [0.25, 0.3) is 5.57 Å². The molecule has 0 aromatic heterocycles. The van der Waals surface area contributed by atoms with E-state index in [9.17, 15) is 0 Å². The first-order valence-electron chi connectivity index (χ1n) is 6.16. The highest BCUT2D eigenvalue weighted by molar-refractivity contribution is 5.65. The second-order valence-corrected chi connectivity index (χ2v) is 4.82. The number of nitrogens with two attached hydrogens (primary N) is 1. The lowest BCUT2D eigenvalue weighted by molar-refractivity contribution is 1.17. The van der Waals surface area contributed by atoms with E-state index in [1.54, 1.807) is 0 Å². The lowest BCUT2D eigenvalue weighted by Crippen LogP contribution is -1.98. The average Bonchev–Trinajstić information content (AvgIpc) is 2.34. The van der Waals surface area contributed by atoms with Gasteiger partial charge in [-0.1, -0.05) is 54.1 Å². The molecule has 0 amide bonds. The second-order valence-electron chi connectivity index (χ2n) is 4.82. The van der Waals surface area contributed by atoms with Gasteiger partial charge < -0.3 is 5.73 Å². The lowest BCUT2D eigenvalue weighted by Gasteiger charge is -2.11. The Kier molecular flexibility index (Phi) is 3.52. The van der Waals surface area contributed by atoms with Crippen molar-refractivity contribution in [2.24, 2.45) is 0 Å². The van der Waals surface area contributed by atoms with Gasteiger partial charge in [-0.15, -0.1) is 0 Å². The fourth-order valence-electron chi connectivity index (χ4n) is 2.18. The van der Waals surface area contributed by atoms with E-state index in [4.69, 9.17) is 5.73 Å². The van der Waals surface area contributed by atoms with Crippen LogP contribution in [0.4, 0.5) is 5.69 Å². The number of hydrogen-bond acceptors (Lipinski definition) is 1. The minimum atomic E-state index is 0.858. The molecule has 2 rings (SSSR count). The molecular weight excluding hydrogens is 218 g/mol. The van der Waals surface area contributed by atoms with Crippen molar-refractivity contribution in [3.8, 4) is 0 Å². The van der Waals surface area contributed by atoms with Gasteiger partial charge in [0.15, 0.2) is 0 Å². The van der Waals surface area contributed by atoms with Gasteiger partial charge in [0, 0.05) is 12.1 Å². The Morgan fingerprint density at radius 1 is 1.11 bits per heavy atom. The summed E-state index contributed by atoms with van der Waals surface area (Å²) in [6.45, 7) is 8.17. The predicted octanol–water partition coefficient (Wildman–Crippen LogP) is 4.20. The quantitative estimate of drug-likeness (QED) is 0.795. The summed E-state index contributed by atoms with van der Waals surface area (Å²) in [5, 5.41) is 0. The maximum absolute atomic E-state index is 6.04. The van der Waals surface area contributed by atoms with Gasteiger partial charge >= 0.3 is 0 Å². The number of rotatable bonds is 3. The Morgan fingerprint density at radius 2 is 1.83 bits per heavy atom. The van der Waals surface area contributed by atoms with E-state index in [0.717, 1.165) is 17.7 Å². The third kappa shape index (κ3) is 2.62. The van der Waals surface area contributed by atoms with Crippen LogP contribution >= 0.6 is 0 Å². The van der Waals surface area contributed by atoms with Crippen LogP contribution in [0.5, 0.6) is 0 Å². The summed E-state index contributed by atoms with van der Waals surface area (Å²) in [4.78, 5) is 0. The molecule has 0 aliphatic carbocycles. The molecule has 2 aromatic rings. The van der Waals surface area contributed by atoms with Crippen LogP contribution in [0.3, 0.4) is 0 Å². The molecule has 0 saturated carbocycles. The number of nitrogen functional groups attached to an aromatic ring is 1. The maximum atomic E-state index is 6.04. The summed E-state index contributed by atoms with van der Waals surface area (Å²) >= 11 is 0. The smallest absolute Gasteiger partial charge is 0.0350 e. The van der Waals surface area contributed by atoms with Crippen LogP contribution in [-0.4, -0.2) is 0 Å². The molecule has 0 heterocycles. The van der Waals surface area contributed by atoms with Gasteiger partial charge in [0.05, 0.1) is 0 Å². The summed E-state index contributed by atoms with van der Waals surface area (Å²) in [6, 6.07) is 14.6. The fraction of sp³-hybridized carbons (Fsp3) is 0.176. The molecule has 0 spiro atoms. The molecule has 0 saturated heterocycles. The topological polar surface area (TPSA) is 26.0 Å². The minimum absolute atomic E-state index is 0.858. The van der Waals surface area contributed by atoms with E-state index in [0.29, 0.717) is 0 Å².